The van der Waals surface area contributed by atoms with Crippen molar-refractivity contribution in [2.24, 2.45) is 0 Å². The molecule has 7 heteroatoms. The number of hydrogen-bond acceptors (Lipinski definition) is 6. The molecule has 0 aliphatic heterocycles. The molecule has 0 aliphatic rings. The number of nitrogens with one attached hydrogen (secondary N) is 1. The molecule has 0 radical (unpaired) electrons. The number of benzene rings is 2. The number of carbonyl (C=O) groups is 3. The van der Waals surface area contributed by atoms with Crippen LogP contribution in [0.3, 0.4) is 0 Å². The largest absolute Gasteiger partial charge is 0.493 e. The normalized spacial score (nSPS) is 9.96. The first-order valence-electron chi connectivity index (χ1n) is 7.74. The smallest absolute Gasteiger partial charge is 0.338 e. The summed E-state index contributed by atoms with van der Waals surface area (Å²) in [5.41, 5.74) is 1.04. The second-order valence-corrected chi connectivity index (χ2v) is 5.33. The summed E-state index contributed by atoms with van der Waals surface area (Å²) in [6, 6.07) is 11.0. The zero-order chi connectivity index (χ0) is 19.1. The zero-order valence-corrected chi connectivity index (χ0v) is 14.7. The van der Waals surface area contributed by atoms with Crippen molar-refractivity contribution in [2.75, 3.05) is 26.1 Å². The van der Waals surface area contributed by atoms with Gasteiger partial charge in [-0.3, -0.25) is 9.59 Å². The summed E-state index contributed by atoms with van der Waals surface area (Å²) in [6.45, 7) is 0.950. The van der Waals surface area contributed by atoms with Gasteiger partial charge in [-0.25, -0.2) is 4.79 Å². The Morgan fingerprint density at radius 3 is 2.31 bits per heavy atom. The van der Waals surface area contributed by atoms with Crippen molar-refractivity contribution in [1.82, 2.24) is 0 Å². The van der Waals surface area contributed by atoms with Crippen LogP contribution < -0.4 is 14.8 Å². The molecular weight excluding hydrogens is 338 g/mol. The summed E-state index contributed by atoms with van der Waals surface area (Å²) in [5, 5.41) is 2.57. The number of esters is 1. The molecule has 2 aromatic carbocycles. The fourth-order valence-electron chi connectivity index (χ4n) is 2.23. The van der Waals surface area contributed by atoms with Crippen molar-refractivity contribution in [3.05, 3.63) is 53.6 Å². The molecular formula is C19H19NO6. The molecule has 136 valence electrons. The maximum absolute atomic E-state index is 12.2. The number of anilines is 1. The maximum Gasteiger partial charge on any atom is 0.338 e. The van der Waals surface area contributed by atoms with Crippen LogP contribution in [-0.2, 0) is 9.53 Å². The SMILES string of the molecule is COc1ccc(C(=O)COC(=O)c2cccc(NC(C)=O)c2)cc1OC. The van der Waals surface area contributed by atoms with Crippen LogP contribution in [0.2, 0.25) is 0 Å². The summed E-state index contributed by atoms with van der Waals surface area (Å²) in [6.07, 6.45) is 0. The van der Waals surface area contributed by atoms with E-state index in [1.54, 1.807) is 24.3 Å². The summed E-state index contributed by atoms with van der Waals surface area (Å²) in [5.74, 6) is -0.383. The highest BCUT2D eigenvalue weighted by molar-refractivity contribution is 6.00. The van der Waals surface area contributed by atoms with Crippen LogP contribution in [0.25, 0.3) is 0 Å². The van der Waals surface area contributed by atoms with Gasteiger partial charge in [0.1, 0.15) is 0 Å². The van der Waals surface area contributed by atoms with Crippen LogP contribution in [-0.4, -0.2) is 38.5 Å². The monoisotopic (exact) mass is 357 g/mol. The number of Topliss-reactive ketones (excluding diaryl/α,β-unsaturated/α-hetero) is 1. The van der Waals surface area contributed by atoms with Gasteiger partial charge in [0.2, 0.25) is 5.91 Å². The summed E-state index contributed by atoms with van der Waals surface area (Å²) in [7, 11) is 2.96. The maximum atomic E-state index is 12.2. The molecule has 2 rings (SSSR count). The van der Waals surface area contributed by atoms with Gasteiger partial charge in [-0.1, -0.05) is 6.07 Å². The first-order chi connectivity index (χ1) is 12.4. The van der Waals surface area contributed by atoms with Crippen molar-refractivity contribution >= 4 is 23.3 Å². The molecule has 0 unspecified atom stereocenters. The van der Waals surface area contributed by atoms with Gasteiger partial charge >= 0.3 is 5.97 Å². The molecule has 0 aromatic heterocycles. The Hall–Kier alpha value is -3.35. The van der Waals surface area contributed by atoms with Gasteiger partial charge in [0.25, 0.3) is 0 Å². The van der Waals surface area contributed by atoms with E-state index in [0.29, 0.717) is 22.7 Å². The Kier molecular flexibility index (Phi) is 6.32. The lowest BCUT2D eigenvalue weighted by Crippen LogP contribution is -2.15. The Bertz CT molecular complexity index is 831. The van der Waals surface area contributed by atoms with Crippen molar-refractivity contribution in [3.63, 3.8) is 0 Å². The minimum absolute atomic E-state index is 0.233. The molecule has 26 heavy (non-hydrogen) atoms. The molecule has 0 atom stereocenters. The van der Waals surface area contributed by atoms with Crippen LogP contribution in [0.15, 0.2) is 42.5 Å². The molecule has 0 fully saturated rings. The Morgan fingerprint density at radius 2 is 1.65 bits per heavy atom. The van der Waals surface area contributed by atoms with Crippen molar-refractivity contribution in [3.8, 4) is 11.5 Å². The second-order valence-electron chi connectivity index (χ2n) is 5.33. The molecule has 0 spiro atoms. The average Bonchev–Trinajstić information content (AvgIpc) is 2.64. The van der Waals surface area contributed by atoms with Crippen LogP contribution in [0.1, 0.15) is 27.6 Å². The number of ether oxygens (including phenoxy) is 3. The number of rotatable bonds is 7. The van der Waals surface area contributed by atoms with E-state index in [1.165, 1.54) is 39.3 Å². The number of amides is 1. The van der Waals surface area contributed by atoms with Crippen molar-refractivity contribution in [1.29, 1.82) is 0 Å². The second kappa shape index (κ2) is 8.66. The number of hydrogen-bond donors (Lipinski definition) is 1. The Morgan fingerprint density at radius 1 is 0.923 bits per heavy atom. The van der Waals surface area contributed by atoms with Gasteiger partial charge in [-0.2, -0.15) is 0 Å². The zero-order valence-electron chi connectivity index (χ0n) is 14.7. The summed E-state index contributed by atoms with van der Waals surface area (Å²) < 4.78 is 15.3. The molecule has 0 heterocycles. The van der Waals surface area contributed by atoms with E-state index in [9.17, 15) is 14.4 Å². The summed E-state index contributed by atoms with van der Waals surface area (Å²) in [4.78, 5) is 35.4. The van der Waals surface area contributed by atoms with Gasteiger partial charge in [0.15, 0.2) is 23.9 Å². The van der Waals surface area contributed by atoms with Gasteiger partial charge < -0.3 is 19.5 Å². The van der Waals surface area contributed by atoms with E-state index in [2.05, 4.69) is 5.32 Å². The number of methoxy groups -OCH3 is 2. The predicted molar refractivity (Wildman–Crippen MR) is 94.9 cm³/mol. The first kappa shape index (κ1) is 19.0. The van der Waals surface area contributed by atoms with E-state index < -0.39 is 12.6 Å². The highest BCUT2D eigenvalue weighted by Crippen LogP contribution is 2.27. The lowest BCUT2D eigenvalue weighted by molar-refractivity contribution is -0.114. The highest BCUT2D eigenvalue weighted by Gasteiger charge is 2.14. The Labute approximate surface area is 150 Å². The van der Waals surface area contributed by atoms with E-state index in [1.807, 2.05) is 0 Å². The quantitative estimate of drug-likeness (QED) is 0.605. The third-order valence-corrected chi connectivity index (χ3v) is 3.46. The molecule has 2 aromatic rings. The number of carbonyl (C=O) groups excluding carboxylic acids is 3. The minimum atomic E-state index is -0.661. The molecule has 0 bridgehead atoms. The van der Waals surface area contributed by atoms with E-state index >= 15 is 0 Å². The molecule has 7 nitrogen and oxygen atoms in total. The molecule has 1 amide bonds. The minimum Gasteiger partial charge on any atom is -0.493 e. The Balaban J connectivity index is 2.03. The third-order valence-electron chi connectivity index (χ3n) is 3.46. The van der Waals surface area contributed by atoms with Crippen LogP contribution in [0.5, 0.6) is 11.5 Å². The van der Waals surface area contributed by atoms with E-state index in [-0.39, 0.29) is 17.3 Å². The van der Waals surface area contributed by atoms with Gasteiger partial charge in [-0.15, -0.1) is 0 Å². The van der Waals surface area contributed by atoms with Crippen molar-refractivity contribution in [2.45, 2.75) is 6.92 Å². The molecule has 1 N–H and O–H groups in total. The first-order valence-corrected chi connectivity index (χ1v) is 7.74. The van der Waals surface area contributed by atoms with E-state index in [0.717, 1.165) is 0 Å². The van der Waals surface area contributed by atoms with E-state index in [4.69, 9.17) is 14.2 Å². The topological polar surface area (TPSA) is 90.9 Å². The summed E-state index contributed by atoms with van der Waals surface area (Å²) >= 11 is 0. The predicted octanol–water partition coefficient (Wildman–Crippen LogP) is 2.70. The lowest BCUT2D eigenvalue weighted by Gasteiger charge is -2.10. The van der Waals surface area contributed by atoms with Crippen LogP contribution in [0.4, 0.5) is 5.69 Å². The standard InChI is InChI=1S/C19H19NO6/c1-12(21)20-15-6-4-5-14(9-15)19(23)26-11-16(22)13-7-8-17(24-2)18(10-13)25-3/h4-10H,11H2,1-3H3,(H,20,21). The fraction of sp³-hybridized carbons (Fsp3) is 0.211. The number of ketones is 1. The van der Waals surface area contributed by atoms with Gasteiger partial charge in [0.05, 0.1) is 19.8 Å². The van der Waals surface area contributed by atoms with Crippen LogP contribution >= 0.6 is 0 Å². The van der Waals surface area contributed by atoms with Crippen LogP contribution in [0, 0.1) is 0 Å². The van der Waals surface area contributed by atoms with Gasteiger partial charge in [-0.05, 0) is 36.4 Å². The molecule has 0 saturated heterocycles. The van der Waals surface area contributed by atoms with Gasteiger partial charge in [0, 0.05) is 18.2 Å². The average molecular weight is 357 g/mol. The molecule has 0 saturated carbocycles. The molecule has 0 aliphatic carbocycles. The fourth-order valence-corrected chi connectivity index (χ4v) is 2.23. The van der Waals surface area contributed by atoms with Crippen molar-refractivity contribution < 1.29 is 28.6 Å². The highest BCUT2D eigenvalue weighted by atomic mass is 16.5. The lowest BCUT2D eigenvalue weighted by atomic mass is 10.1. The third kappa shape index (κ3) is 4.83.